The first kappa shape index (κ1) is 26.2. The van der Waals surface area contributed by atoms with Gasteiger partial charge in [-0.15, -0.1) is 13.2 Å². The number of hydrogen-bond acceptors (Lipinski definition) is 8. The van der Waals surface area contributed by atoms with Gasteiger partial charge in [0.1, 0.15) is 11.5 Å². The van der Waals surface area contributed by atoms with Crippen molar-refractivity contribution in [1.82, 2.24) is 14.9 Å². The molecule has 1 aliphatic heterocycles. The van der Waals surface area contributed by atoms with Crippen LogP contribution in [0.25, 0.3) is 0 Å². The SMILES string of the molecule is CN(CCO)C(=O)C1Cc2cc(Nc3ncc(F)c(Nc4ccc(OC(F)(F)F)c(Cl)c4)n3)ccc2O1. The molecule has 2 aromatic carbocycles. The highest BCUT2D eigenvalue weighted by Gasteiger charge is 2.32. The van der Waals surface area contributed by atoms with Crippen LogP contribution >= 0.6 is 11.6 Å². The Labute approximate surface area is 213 Å². The zero-order valence-electron chi connectivity index (χ0n) is 19.1. The van der Waals surface area contributed by atoms with Gasteiger partial charge in [-0.05, 0) is 36.4 Å². The van der Waals surface area contributed by atoms with E-state index in [-0.39, 0.29) is 41.5 Å². The van der Waals surface area contributed by atoms with E-state index in [1.165, 1.54) is 11.0 Å². The Morgan fingerprint density at radius 2 is 1.97 bits per heavy atom. The lowest BCUT2D eigenvalue weighted by atomic mass is 10.1. The number of alkyl halides is 3. The van der Waals surface area contributed by atoms with Crippen LogP contribution in [0, 0.1) is 5.82 Å². The van der Waals surface area contributed by atoms with Crippen LogP contribution in [-0.2, 0) is 11.2 Å². The minimum Gasteiger partial charge on any atom is -0.480 e. The summed E-state index contributed by atoms with van der Waals surface area (Å²) < 4.78 is 61.1. The Kier molecular flexibility index (Phi) is 7.55. The number of nitrogens with zero attached hydrogens (tertiary/aromatic N) is 3. The van der Waals surface area contributed by atoms with Crippen LogP contribution in [0.5, 0.6) is 11.5 Å². The Hall–Kier alpha value is -3.84. The molecule has 4 rings (SSSR count). The molecule has 0 aliphatic carbocycles. The van der Waals surface area contributed by atoms with Crippen LogP contribution in [0.2, 0.25) is 5.02 Å². The first-order chi connectivity index (χ1) is 17.5. The van der Waals surface area contributed by atoms with E-state index in [1.807, 2.05) is 0 Å². The van der Waals surface area contributed by atoms with Crippen molar-refractivity contribution in [2.24, 2.45) is 0 Å². The molecule has 0 saturated heterocycles. The van der Waals surface area contributed by atoms with Gasteiger partial charge in [-0.1, -0.05) is 11.6 Å². The zero-order chi connectivity index (χ0) is 26.7. The van der Waals surface area contributed by atoms with Crippen LogP contribution in [0.4, 0.5) is 40.7 Å². The number of carbonyl (C=O) groups excluding carboxylic acids is 1. The van der Waals surface area contributed by atoms with Crippen LogP contribution < -0.4 is 20.1 Å². The fourth-order valence-electron chi connectivity index (χ4n) is 3.54. The van der Waals surface area contributed by atoms with Crippen molar-refractivity contribution in [2.75, 3.05) is 30.8 Å². The smallest absolute Gasteiger partial charge is 0.480 e. The molecule has 0 bridgehead atoms. The summed E-state index contributed by atoms with van der Waals surface area (Å²) in [6.45, 7) is 0.0348. The maximum Gasteiger partial charge on any atom is 0.573 e. The van der Waals surface area contributed by atoms with E-state index in [0.717, 1.165) is 23.9 Å². The van der Waals surface area contributed by atoms with Gasteiger partial charge in [0.25, 0.3) is 5.91 Å². The van der Waals surface area contributed by atoms with Crippen LogP contribution in [-0.4, -0.2) is 58.5 Å². The number of likely N-dealkylation sites (N-methyl/N-ethyl adjacent to an activating group) is 1. The first-order valence-electron chi connectivity index (χ1n) is 10.8. The number of fused-ring (bicyclic) bond motifs is 1. The minimum atomic E-state index is -4.91. The molecule has 0 saturated carbocycles. The summed E-state index contributed by atoms with van der Waals surface area (Å²) in [6.07, 6.45) is -4.37. The van der Waals surface area contributed by atoms with Crippen LogP contribution in [0.1, 0.15) is 5.56 Å². The van der Waals surface area contributed by atoms with Gasteiger partial charge in [-0.2, -0.15) is 4.98 Å². The van der Waals surface area contributed by atoms with Gasteiger partial charge in [0.15, 0.2) is 17.7 Å². The van der Waals surface area contributed by atoms with Crippen molar-refractivity contribution in [3.05, 3.63) is 59.0 Å². The molecule has 9 nitrogen and oxygen atoms in total. The third-order valence-corrected chi connectivity index (χ3v) is 5.54. The second kappa shape index (κ2) is 10.6. The maximum atomic E-state index is 14.3. The van der Waals surface area contributed by atoms with E-state index < -0.39 is 24.0 Å². The lowest BCUT2D eigenvalue weighted by molar-refractivity contribution is -0.274. The van der Waals surface area contributed by atoms with E-state index in [0.29, 0.717) is 17.9 Å². The highest BCUT2D eigenvalue weighted by molar-refractivity contribution is 6.32. The van der Waals surface area contributed by atoms with Crippen molar-refractivity contribution in [3.8, 4) is 11.5 Å². The molecule has 1 amide bonds. The van der Waals surface area contributed by atoms with Crippen molar-refractivity contribution < 1.29 is 36.9 Å². The molecule has 37 heavy (non-hydrogen) atoms. The normalized spacial score (nSPS) is 14.5. The number of benzene rings is 2. The predicted octanol–water partition coefficient (Wildman–Crippen LogP) is 4.41. The summed E-state index contributed by atoms with van der Waals surface area (Å²) in [4.78, 5) is 21.8. The summed E-state index contributed by atoms with van der Waals surface area (Å²) in [5.74, 6) is -1.35. The van der Waals surface area contributed by atoms with Crippen LogP contribution in [0.3, 0.4) is 0 Å². The molecule has 196 valence electrons. The third-order valence-electron chi connectivity index (χ3n) is 5.24. The topological polar surface area (TPSA) is 109 Å². The molecule has 2 heterocycles. The van der Waals surface area contributed by atoms with Crippen molar-refractivity contribution in [2.45, 2.75) is 18.9 Å². The number of anilines is 4. The van der Waals surface area contributed by atoms with Gasteiger partial charge >= 0.3 is 6.36 Å². The van der Waals surface area contributed by atoms with Gasteiger partial charge in [-0.25, -0.2) is 9.37 Å². The number of amides is 1. The summed E-state index contributed by atoms with van der Waals surface area (Å²) in [7, 11) is 1.58. The minimum absolute atomic E-state index is 0.0289. The fraction of sp³-hybridized carbons (Fsp3) is 0.261. The van der Waals surface area contributed by atoms with E-state index in [1.54, 1.807) is 25.2 Å². The Balaban J connectivity index is 1.45. The van der Waals surface area contributed by atoms with E-state index >= 15 is 0 Å². The molecular formula is C23H20ClF4N5O4. The fourth-order valence-corrected chi connectivity index (χ4v) is 3.76. The molecule has 14 heteroatoms. The molecule has 1 unspecified atom stereocenters. The summed E-state index contributed by atoms with van der Waals surface area (Å²) >= 11 is 5.84. The zero-order valence-corrected chi connectivity index (χ0v) is 19.9. The quantitative estimate of drug-likeness (QED) is 0.360. The Morgan fingerprint density at radius 1 is 1.24 bits per heavy atom. The maximum absolute atomic E-state index is 14.3. The average Bonchev–Trinajstić information content (AvgIpc) is 3.25. The molecule has 0 radical (unpaired) electrons. The summed E-state index contributed by atoms with van der Waals surface area (Å²) in [5.41, 5.74) is 1.48. The van der Waals surface area contributed by atoms with Crippen molar-refractivity contribution >= 4 is 40.6 Å². The standard InChI is InChI=1S/C23H20ClF4N5O4/c1-33(6-7-34)21(35)19-9-12-8-13(2-4-17(12)36-19)31-22-29-11-16(25)20(32-22)30-14-3-5-18(15(24)10-14)37-23(26,27)28/h2-5,8,10-11,19,34H,6-7,9H2,1H3,(H2,29,30,31,32). The highest BCUT2D eigenvalue weighted by atomic mass is 35.5. The number of aromatic nitrogens is 2. The molecule has 1 aromatic heterocycles. The van der Waals surface area contributed by atoms with E-state index in [4.69, 9.17) is 21.4 Å². The molecule has 0 fully saturated rings. The molecule has 1 aliphatic rings. The highest BCUT2D eigenvalue weighted by Crippen LogP contribution is 2.34. The molecule has 3 aromatic rings. The van der Waals surface area contributed by atoms with E-state index in [2.05, 4.69) is 25.3 Å². The van der Waals surface area contributed by atoms with Gasteiger partial charge in [0, 0.05) is 37.0 Å². The number of carbonyl (C=O) groups is 1. The lowest BCUT2D eigenvalue weighted by Gasteiger charge is -2.19. The molecular weight excluding hydrogens is 522 g/mol. The van der Waals surface area contributed by atoms with Gasteiger partial charge < -0.3 is 30.1 Å². The monoisotopic (exact) mass is 541 g/mol. The predicted molar refractivity (Wildman–Crippen MR) is 126 cm³/mol. The Bertz CT molecular complexity index is 1310. The number of hydrogen-bond donors (Lipinski definition) is 3. The van der Waals surface area contributed by atoms with Crippen LogP contribution in [0.15, 0.2) is 42.6 Å². The average molecular weight is 542 g/mol. The second-order valence-electron chi connectivity index (χ2n) is 7.95. The van der Waals surface area contributed by atoms with Gasteiger partial charge in [0.2, 0.25) is 5.95 Å². The molecule has 1 atom stereocenters. The number of nitrogens with one attached hydrogen (secondary N) is 2. The van der Waals surface area contributed by atoms with Crippen molar-refractivity contribution in [1.29, 1.82) is 0 Å². The molecule has 0 spiro atoms. The van der Waals surface area contributed by atoms with Gasteiger partial charge in [-0.3, -0.25) is 4.79 Å². The third kappa shape index (κ3) is 6.49. The van der Waals surface area contributed by atoms with Gasteiger partial charge in [0.05, 0.1) is 17.8 Å². The largest absolute Gasteiger partial charge is 0.573 e. The Morgan fingerprint density at radius 3 is 2.68 bits per heavy atom. The number of halogens is 5. The van der Waals surface area contributed by atoms with E-state index in [9.17, 15) is 22.4 Å². The first-order valence-corrected chi connectivity index (χ1v) is 11.2. The molecule has 3 N–H and O–H groups in total. The number of ether oxygens (including phenoxy) is 2. The summed E-state index contributed by atoms with van der Waals surface area (Å²) in [5, 5.41) is 14.3. The number of rotatable bonds is 8. The summed E-state index contributed by atoms with van der Waals surface area (Å²) in [6, 6.07) is 8.43. The number of aliphatic hydroxyl groups excluding tert-OH is 1. The lowest BCUT2D eigenvalue weighted by Crippen LogP contribution is -2.40. The number of aliphatic hydroxyl groups is 1. The van der Waals surface area contributed by atoms with Crippen molar-refractivity contribution in [3.63, 3.8) is 0 Å². The second-order valence-corrected chi connectivity index (χ2v) is 8.36.